The molecule has 1 N–H and O–H groups in total. The van der Waals surface area contributed by atoms with E-state index in [4.69, 9.17) is 4.74 Å². The van der Waals surface area contributed by atoms with Crippen molar-refractivity contribution in [2.24, 2.45) is 0 Å². The van der Waals surface area contributed by atoms with Gasteiger partial charge < -0.3 is 10.1 Å². The quantitative estimate of drug-likeness (QED) is 0.921. The lowest BCUT2D eigenvalue weighted by atomic mass is 10.2. The largest absolute Gasteiger partial charge is 0.444 e. The Bertz CT molecular complexity index is 525. The van der Waals surface area contributed by atoms with Crippen LogP contribution in [0.1, 0.15) is 47.7 Å². The summed E-state index contributed by atoms with van der Waals surface area (Å²) in [7, 11) is 0. The van der Waals surface area contributed by atoms with Crippen LogP contribution in [0.2, 0.25) is 0 Å². The van der Waals surface area contributed by atoms with E-state index >= 15 is 0 Å². The van der Waals surface area contributed by atoms with Gasteiger partial charge in [0.2, 0.25) is 0 Å². The lowest BCUT2D eigenvalue weighted by Crippen LogP contribution is -2.32. The van der Waals surface area contributed by atoms with E-state index in [9.17, 15) is 4.79 Å². The Morgan fingerprint density at radius 1 is 1.38 bits per heavy atom. The highest BCUT2D eigenvalue weighted by Gasteiger charge is 2.15. The molecule has 0 aliphatic rings. The summed E-state index contributed by atoms with van der Waals surface area (Å²) in [6, 6.07) is 3.74. The van der Waals surface area contributed by atoms with Gasteiger partial charge in [-0.3, -0.25) is 0 Å². The van der Waals surface area contributed by atoms with Gasteiger partial charge in [-0.05, 0) is 32.9 Å². The summed E-state index contributed by atoms with van der Waals surface area (Å²) < 4.78 is 6.80. The fourth-order valence-corrected chi connectivity index (χ4v) is 1.46. The van der Waals surface area contributed by atoms with E-state index in [2.05, 4.69) is 15.4 Å². The van der Waals surface area contributed by atoms with Crippen LogP contribution >= 0.6 is 0 Å². The van der Waals surface area contributed by atoms with Crippen LogP contribution in [0.4, 0.5) is 4.79 Å². The molecule has 2 aromatic heterocycles. The molecule has 0 radical (unpaired) electrons. The number of nitrogens with zero attached hydrogens (tertiary/aromatic N) is 3. The molecular weight excluding hydrogens is 268 g/mol. The molecule has 118 valence electrons. The highest BCUT2D eigenvalue weighted by molar-refractivity contribution is 5.67. The van der Waals surface area contributed by atoms with Crippen LogP contribution in [0.15, 0.2) is 24.7 Å². The molecule has 2 aromatic rings. The SMILES string of the molecule is C.CC.CC(C)(C)OC(=O)NCc1cc2ccncn2n1. The number of nitrogens with one attached hydrogen (secondary N) is 1. The first-order chi connectivity index (χ1) is 9.44. The van der Waals surface area contributed by atoms with E-state index in [1.165, 1.54) is 0 Å². The first-order valence-corrected chi connectivity index (χ1v) is 6.69. The summed E-state index contributed by atoms with van der Waals surface area (Å²) in [4.78, 5) is 15.4. The molecule has 1 amide bonds. The van der Waals surface area contributed by atoms with Crippen molar-refractivity contribution in [3.05, 3.63) is 30.4 Å². The molecule has 0 spiro atoms. The Hall–Kier alpha value is -2.11. The molecule has 6 heteroatoms. The Balaban J connectivity index is 0.00000128. The van der Waals surface area contributed by atoms with Crippen molar-refractivity contribution >= 4 is 11.6 Å². The number of amides is 1. The van der Waals surface area contributed by atoms with Gasteiger partial charge in [0.05, 0.1) is 17.8 Å². The molecule has 0 aliphatic carbocycles. The second kappa shape index (κ2) is 8.24. The van der Waals surface area contributed by atoms with Crippen LogP contribution in [-0.2, 0) is 11.3 Å². The van der Waals surface area contributed by atoms with Crippen molar-refractivity contribution in [3.63, 3.8) is 0 Å². The lowest BCUT2D eigenvalue weighted by molar-refractivity contribution is 0.0523. The predicted octanol–water partition coefficient (Wildman–Crippen LogP) is 3.42. The zero-order valence-electron chi connectivity index (χ0n) is 12.7. The molecule has 0 unspecified atom stereocenters. The number of carbonyl (C=O) groups excluding carboxylic acids is 1. The summed E-state index contributed by atoms with van der Waals surface area (Å²) in [6.45, 7) is 9.80. The predicted molar refractivity (Wildman–Crippen MR) is 84.1 cm³/mol. The molecule has 2 rings (SSSR count). The number of ether oxygens (including phenoxy) is 1. The number of aromatic nitrogens is 3. The van der Waals surface area contributed by atoms with Crippen molar-refractivity contribution in [3.8, 4) is 0 Å². The van der Waals surface area contributed by atoms with E-state index in [1.807, 2.05) is 46.8 Å². The topological polar surface area (TPSA) is 68.5 Å². The van der Waals surface area contributed by atoms with Gasteiger partial charge in [-0.15, -0.1) is 0 Å². The van der Waals surface area contributed by atoms with E-state index < -0.39 is 11.7 Å². The Labute approximate surface area is 126 Å². The molecule has 0 saturated carbocycles. The number of alkyl carbamates (subject to hydrolysis) is 1. The Morgan fingerprint density at radius 3 is 2.62 bits per heavy atom. The maximum atomic E-state index is 11.5. The molecule has 0 fully saturated rings. The maximum absolute atomic E-state index is 11.5. The minimum atomic E-state index is -0.493. The van der Waals surface area contributed by atoms with Gasteiger partial charge in [-0.25, -0.2) is 14.3 Å². The molecule has 21 heavy (non-hydrogen) atoms. The van der Waals surface area contributed by atoms with Crippen LogP contribution in [0.25, 0.3) is 5.52 Å². The second-order valence-corrected chi connectivity index (χ2v) is 4.94. The number of rotatable bonds is 2. The van der Waals surface area contributed by atoms with Crippen molar-refractivity contribution < 1.29 is 9.53 Å². The van der Waals surface area contributed by atoms with Crippen LogP contribution in [0.3, 0.4) is 0 Å². The fraction of sp³-hybridized carbons (Fsp3) is 0.533. The zero-order chi connectivity index (χ0) is 15.2. The second-order valence-electron chi connectivity index (χ2n) is 4.94. The summed E-state index contributed by atoms with van der Waals surface area (Å²) >= 11 is 0. The van der Waals surface area contributed by atoms with E-state index in [1.54, 1.807) is 17.0 Å². The molecule has 2 heterocycles. The highest BCUT2D eigenvalue weighted by Crippen LogP contribution is 2.07. The minimum absolute atomic E-state index is 0. The third-order valence-electron chi connectivity index (χ3n) is 2.14. The average molecular weight is 294 g/mol. The van der Waals surface area contributed by atoms with Crippen molar-refractivity contribution in [2.45, 2.75) is 54.2 Å². The summed E-state index contributed by atoms with van der Waals surface area (Å²) in [5.74, 6) is 0. The lowest BCUT2D eigenvalue weighted by Gasteiger charge is -2.19. The van der Waals surface area contributed by atoms with Gasteiger partial charge in [0.25, 0.3) is 0 Å². The number of hydrogen-bond acceptors (Lipinski definition) is 4. The smallest absolute Gasteiger partial charge is 0.407 e. The Morgan fingerprint density at radius 2 is 2.05 bits per heavy atom. The monoisotopic (exact) mass is 294 g/mol. The number of hydrogen-bond donors (Lipinski definition) is 1. The summed E-state index contributed by atoms with van der Waals surface area (Å²) in [5, 5.41) is 6.92. The van der Waals surface area contributed by atoms with E-state index in [0.29, 0.717) is 6.54 Å². The molecule has 0 aromatic carbocycles. The third kappa shape index (κ3) is 6.25. The number of carbonyl (C=O) groups is 1. The number of fused-ring (bicyclic) bond motifs is 1. The Kier molecular flexibility index (Phi) is 7.41. The van der Waals surface area contributed by atoms with Crippen molar-refractivity contribution in [1.29, 1.82) is 0 Å². The molecule has 0 saturated heterocycles. The first kappa shape index (κ1) is 18.9. The van der Waals surface area contributed by atoms with Crippen LogP contribution < -0.4 is 5.32 Å². The normalized spacial score (nSPS) is 10.1. The van der Waals surface area contributed by atoms with Crippen LogP contribution in [-0.4, -0.2) is 26.3 Å². The molecular formula is C15H26N4O2. The van der Waals surface area contributed by atoms with Gasteiger partial charge in [-0.1, -0.05) is 21.3 Å². The summed E-state index contributed by atoms with van der Waals surface area (Å²) in [6.07, 6.45) is 2.87. The maximum Gasteiger partial charge on any atom is 0.407 e. The molecule has 0 aliphatic heterocycles. The van der Waals surface area contributed by atoms with Gasteiger partial charge >= 0.3 is 6.09 Å². The first-order valence-electron chi connectivity index (χ1n) is 6.69. The summed E-state index contributed by atoms with van der Waals surface area (Å²) in [5.41, 5.74) is 1.20. The van der Waals surface area contributed by atoms with Gasteiger partial charge in [-0.2, -0.15) is 5.10 Å². The van der Waals surface area contributed by atoms with Gasteiger partial charge in [0.1, 0.15) is 11.9 Å². The van der Waals surface area contributed by atoms with Crippen LogP contribution in [0, 0.1) is 0 Å². The minimum Gasteiger partial charge on any atom is -0.444 e. The van der Waals surface area contributed by atoms with Gasteiger partial charge in [0, 0.05) is 6.20 Å². The fourth-order valence-electron chi connectivity index (χ4n) is 1.46. The average Bonchev–Trinajstić information content (AvgIpc) is 2.79. The molecule has 0 atom stereocenters. The standard InChI is InChI=1S/C12H16N4O2.C2H6.CH4/c1-12(2,3)18-11(17)14-7-9-6-10-4-5-13-8-16(10)15-9;1-2;/h4-6,8H,7H2,1-3H3,(H,14,17);1-2H3;1H4. The zero-order valence-corrected chi connectivity index (χ0v) is 12.7. The highest BCUT2D eigenvalue weighted by atomic mass is 16.6. The molecule has 0 bridgehead atoms. The van der Waals surface area contributed by atoms with E-state index in [0.717, 1.165) is 11.2 Å². The van der Waals surface area contributed by atoms with Crippen molar-refractivity contribution in [2.75, 3.05) is 0 Å². The van der Waals surface area contributed by atoms with Crippen LogP contribution in [0.5, 0.6) is 0 Å². The van der Waals surface area contributed by atoms with E-state index in [-0.39, 0.29) is 7.43 Å². The van der Waals surface area contributed by atoms with Crippen molar-refractivity contribution in [1.82, 2.24) is 19.9 Å². The van der Waals surface area contributed by atoms with Gasteiger partial charge in [0.15, 0.2) is 0 Å². The molecule has 6 nitrogen and oxygen atoms in total. The third-order valence-corrected chi connectivity index (χ3v) is 2.14.